The average molecular weight is 404 g/mol. The molecule has 0 saturated carbocycles. The minimum absolute atomic E-state index is 0.0487. The molecule has 30 heavy (non-hydrogen) atoms. The Balaban J connectivity index is 1.70. The van der Waals surface area contributed by atoms with Crippen LogP contribution in [0.3, 0.4) is 0 Å². The number of nitrogens with zero attached hydrogens (tertiary/aromatic N) is 2. The van der Waals surface area contributed by atoms with Gasteiger partial charge in [0.15, 0.2) is 0 Å². The van der Waals surface area contributed by atoms with Gasteiger partial charge < -0.3 is 15.1 Å². The molecule has 0 radical (unpaired) electrons. The Labute approximate surface area is 174 Å². The number of pyridine rings is 1. The van der Waals surface area contributed by atoms with E-state index in [4.69, 9.17) is 0 Å². The smallest absolute Gasteiger partial charge is 0.314 e. The molecule has 2 aromatic carbocycles. The van der Waals surface area contributed by atoms with Crippen molar-refractivity contribution in [2.24, 2.45) is 5.41 Å². The van der Waals surface area contributed by atoms with Gasteiger partial charge in [-0.2, -0.15) is 0 Å². The summed E-state index contributed by atoms with van der Waals surface area (Å²) < 4.78 is 0. The van der Waals surface area contributed by atoms with E-state index in [-0.39, 0.29) is 25.3 Å². The third-order valence-electron chi connectivity index (χ3n) is 5.93. The van der Waals surface area contributed by atoms with Gasteiger partial charge in [-0.05, 0) is 37.5 Å². The predicted octanol–water partition coefficient (Wildman–Crippen LogP) is 3.06. The second-order valence-corrected chi connectivity index (χ2v) is 7.98. The summed E-state index contributed by atoms with van der Waals surface area (Å²) in [6.45, 7) is 2.09. The number of amides is 1. The Morgan fingerprint density at radius 3 is 2.57 bits per heavy atom. The highest BCUT2D eigenvalue weighted by molar-refractivity contribution is 6.06. The Hall–Kier alpha value is -3.25. The largest absolute Gasteiger partial charge is 0.481 e. The topological polar surface area (TPSA) is 90.7 Å². The molecule has 0 unspecified atom stereocenters. The van der Waals surface area contributed by atoms with Gasteiger partial charge >= 0.3 is 5.97 Å². The fourth-order valence-electron chi connectivity index (χ4n) is 4.33. The number of carbonyl (C=O) groups excluding carboxylic acids is 1. The summed E-state index contributed by atoms with van der Waals surface area (Å²) in [7, 11) is 0. The van der Waals surface area contributed by atoms with Crippen molar-refractivity contribution in [2.75, 3.05) is 13.1 Å². The zero-order valence-electron chi connectivity index (χ0n) is 16.8. The molecular formula is C24H24N2O4. The van der Waals surface area contributed by atoms with Gasteiger partial charge in [-0.1, -0.05) is 48.5 Å². The Morgan fingerprint density at radius 2 is 1.83 bits per heavy atom. The van der Waals surface area contributed by atoms with E-state index in [1.54, 1.807) is 11.0 Å². The number of carboxylic acid groups (broad SMARTS) is 1. The average Bonchev–Trinajstić information content (AvgIpc) is 2.74. The monoisotopic (exact) mass is 404 g/mol. The molecule has 6 nitrogen and oxygen atoms in total. The van der Waals surface area contributed by atoms with Gasteiger partial charge in [-0.25, -0.2) is 0 Å². The first-order valence-electron chi connectivity index (χ1n) is 10.0. The number of aliphatic hydroxyl groups excluding tert-OH is 1. The van der Waals surface area contributed by atoms with E-state index < -0.39 is 17.5 Å². The number of carbonyl (C=O) groups is 2. The number of aromatic nitrogens is 1. The third-order valence-corrected chi connectivity index (χ3v) is 5.93. The van der Waals surface area contributed by atoms with E-state index in [1.807, 2.05) is 61.5 Å². The van der Waals surface area contributed by atoms with Crippen molar-refractivity contribution in [3.8, 4) is 0 Å². The van der Waals surface area contributed by atoms with Gasteiger partial charge in [0, 0.05) is 24.2 Å². The molecule has 3 aromatic rings. The van der Waals surface area contributed by atoms with Crippen LogP contribution in [0.15, 0.2) is 60.7 Å². The normalized spacial score (nSPS) is 21.5. The number of rotatable bonds is 4. The molecule has 4 rings (SSSR count). The number of hydrogen-bond donors (Lipinski definition) is 2. The molecule has 1 fully saturated rings. The van der Waals surface area contributed by atoms with Crippen LogP contribution in [0.1, 0.15) is 28.0 Å². The number of aryl methyl sites for hydroxylation is 1. The van der Waals surface area contributed by atoms with Crippen LogP contribution >= 0.6 is 0 Å². The van der Waals surface area contributed by atoms with Crippen LogP contribution in [-0.2, 0) is 11.2 Å². The lowest BCUT2D eigenvalue weighted by Crippen LogP contribution is -2.58. The molecule has 1 amide bonds. The quantitative estimate of drug-likeness (QED) is 0.697. The first kappa shape index (κ1) is 20.0. The summed E-state index contributed by atoms with van der Waals surface area (Å²) in [5.74, 6) is -1.32. The first-order valence-corrected chi connectivity index (χ1v) is 10.0. The predicted molar refractivity (Wildman–Crippen MR) is 113 cm³/mol. The Kier molecular flexibility index (Phi) is 5.26. The summed E-state index contributed by atoms with van der Waals surface area (Å²) in [4.78, 5) is 31.9. The highest BCUT2D eigenvalue weighted by atomic mass is 16.4. The second kappa shape index (κ2) is 7.88. The zero-order chi connectivity index (χ0) is 21.3. The molecular weight excluding hydrogens is 380 g/mol. The minimum atomic E-state index is -1.45. The maximum atomic E-state index is 13.5. The zero-order valence-corrected chi connectivity index (χ0v) is 16.8. The number of hydrogen-bond acceptors (Lipinski definition) is 4. The van der Waals surface area contributed by atoms with E-state index >= 15 is 0 Å². The van der Waals surface area contributed by atoms with Crippen molar-refractivity contribution in [3.63, 3.8) is 0 Å². The second-order valence-electron chi connectivity index (χ2n) is 7.98. The van der Waals surface area contributed by atoms with Crippen LogP contribution < -0.4 is 0 Å². The van der Waals surface area contributed by atoms with Gasteiger partial charge in [0.25, 0.3) is 5.91 Å². The van der Waals surface area contributed by atoms with E-state index in [1.165, 1.54) is 0 Å². The molecule has 0 bridgehead atoms. The number of aliphatic carboxylic acids is 1. The molecule has 1 saturated heterocycles. The highest BCUT2D eigenvalue weighted by Crippen LogP contribution is 2.36. The number of benzene rings is 2. The maximum Gasteiger partial charge on any atom is 0.314 e. The van der Waals surface area contributed by atoms with Gasteiger partial charge in [-0.15, -0.1) is 0 Å². The van der Waals surface area contributed by atoms with Crippen molar-refractivity contribution in [1.82, 2.24) is 9.88 Å². The maximum absolute atomic E-state index is 13.5. The lowest BCUT2D eigenvalue weighted by molar-refractivity contribution is -0.161. The summed E-state index contributed by atoms with van der Waals surface area (Å²) in [6.07, 6.45) is -0.660. The molecule has 2 heterocycles. The number of fused-ring (bicyclic) bond motifs is 1. The number of likely N-dealkylation sites (tertiary alicyclic amines) is 1. The van der Waals surface area contributed by atoms with Crippen LogP contribution in [0.2, 0.25) is 0 Å². The van der Waals surface area contributed by atoms with Crippen LogP contribution in [0.4, 0.5) is 0 Å². The van der Waals surface area contributed by atoms with Crippen molar-refractivity contribution in [1.29, 1.82) is 0 Å². The van der Waals surface area contributed by atoms with Crippen LogP contribution in [0.25, 0.3) is 10.9 Å². The molecule has 1 aromatic heterocycles. The lowest BCUT2D eigenvalue weighted by atomic mass is 9.72. The third kappa shape index (κ3) is 3.55. The summed E-state index contributed by atoms with van der Waals surface area (Å²) in [5, 5.41) is 21.5. The molecule has 154 valence electrons. The van der Waals surface area contributed by atoms with Crippen molar-refractivity contribution >= 4 is 22.8 Å². The van der Waals surface area contributed by atoms with E-state index in [0.29, 0.717) is 12.1 Å². The van der Waals surface area contributed by atoms with Crippen molar-refractivity contribution in [2.45, 2.75) is 25.9 Å². The van der Waals surface area contributed by atoms with Crippen LogP contribution in [-0.4, -0.2) is 51.2 Å². The number of aliphatic hydroxyl groups is 1. The van der Waals surface area contributed by atoms with Gasteiger partial charge in [0.1, 0.15) is 5.41 Å². The van der Waals surface area contributed by atoms with Crippen molar-refractivity contribution in [3.05, 3.63) is 77.5 Å². The summed E-state index contributed by atoms with van der Waals surface area (Å²) in [6, 6.07) is 18.4. The molecule has 2 N–H and O–H groups in total. The summed E-state index contributed by atoms with van der Waals surface area (Å²) in [5.41, 5.74) is 1.33. The number of carboxylic acids is 1. The van der Waals surface area contributed by atoms with Crippen LogP contribution in [0.5, 0.6) is 0 Å². The summed E-state index contributed by atoms with van der Waals surface area (Å²) >= 11 is 0. The molecule has 1 aliphatic rings. The molecule has 0 spiro atoms. The van der Waals surface area contributed by atoms with Gasteiger partial charge in [-0.3, -0.25) is 14.6 Å². The molecule has 1 aliphatic heterocycles. The highest BCUT2D eigenvalue weighted by Gasteiger charge is 2.50. The van der Waals surface area contributed by atoms with Crippen molar-refractivity contribution < 1.29 is 19.8 Å². The molecule has 2 atom stereocenters. The standard InChI is InChI=1S/C24H24N2O4/c1-16-13-19(18-9-5-6-10-20(18)25-16)22(28)26-12-11-21(27)24(15-26,23(29)30)14-17-7-3-2-4-8-17/h2-10,13,21,27H,11-12,14-15H2,1H3,(H,29,30)/t21-,24-/m1/s1. The minimum Gasteiger partial charge on any atom is -0.481 e. The fraction of sp³-hybridized carbons (Fsp3) is 0.292. The molecule has 6 heteroatoms. The SMILES string of the molecule is Cc1cc(C(=O)N2CC[C@@H](O)[C@](Cc3ccccc3)(C(=O)O)C2)c2ccccc2n1. The lowest BCUT2D eigenvalue weighted by Gasteiger charge is -2.43. The van der Waals surface area contributed by atoms with Gasteiger partial charge in [0.05, 0.1) is 17.2 Å². The van der Waals surface area contributed by atoms with E-state index in [2.05, 4.69) is 4.98 Å². The number of piperidine rings is 1. The van der Waals surface area contributed by atoms with E-state index in [9.17, 15) is 19.8 Å². The van der Waals surface area contributed by atoms with Gasteiger partial charge in [0.2, 0.25) is 0 Å². The Morgan fingerprint density at radius 1 is 1.13 bits per heavy atom. The fourth-order valence-corrected chi connectivity index (χ4v) is 4.33. The first-order chi connectivity index (χ1) is 14.4. The van der Waals surface area contributed by atoms with Crippen LogP contribution in [0, 0.1) is 12.3 Å². The Bertz CT molecular complexity index is 1100. The molecule has 0 aliphatic carbocycles. The number of para-hydroxylation sites is 1. The van der Waals surface area contributed by atoms with E-state index in [0.717, 1.165) is 22.2 Å².